The van der Waals surface area contributed by atoms with E-state index in [0.717, 1.165) is 0 Å². The quantitative estimate of drug-likeness (QED) is 0.188. The predicted molar refractivity (Wildman–Crippen MR) is 116 cm³/mol. The van der Waals surface area contributed by atoms with E-state index in [9.17, 15) is 0 Å². The fraction of sp³-hybridized carbons (Fsp3) is 0.958. The molecule has 0 aromatic carbocycles. The van der Waals surface area contributed by atoms with Crippen molar-refractivity contribution in [2.75, 3.05) is 20.6 Å². The first kappa shape index (κ1) is 25.0. The van der Waals surface area contributed by atoms with E-state index in [-0.39, 0.29) is 0 Å². The zero-order chi connectivity index (χ0) is 18.4. The Labute approximate surface area is 161 Å². The molecule has 0 aliphatic carbocycles. The maximum absolute atomic E-state index is 2.48. The summed E-state index contributed by atoms with van der Waals surface area (Å²) in [5.41, 5.74) is 0. The fourth-order valence-corrected chi connectivity index (χ4v) is 3.51. The minimum absolute atomic E-state index is 1.21. The molecule has 0 saturated heterocycles. The lowest BCUT2D eigenvalue weighted by Crippen LogP contribution is -2.12. The Morgan fingerprint density at radius 1 is 0.480 bits per heavy atom. The maximum Gasteiger partial charge on any atom is -0.00221 e. The molecule has 0 unspecified atom stereocenters. The van der Waals surface area contributed by atoms with Crippen LogP contribution in [0.1, 0.15) is 129 Å². The topological polar surface area (TPSA) is 3.24 Å². The van der Waals surface area contributed by atoms with Crippen LogP contribution < -0.4 is 0 Å². The van der Waals surface area contributed by atoms with Gasteiger partial charge in [-0.05, 0) is 33.5 Å². The van der Waals surface area contributed by atoms with Gasteiger partial charge in [0.05, 0.1) is 0 Å². The molecule has 0 amide bonds. The second-order valence-corrected chi connectivity index (χ2v) is 8.33. The third-order valence-electron chi connectivity index (χ3n) is 5.29. The Balaban J connectivity index is 2.96. The number of nitrogens with zero attached hydrogens (tertiary/aromatic N) is 1. The van der Waals surface area contributed by atoms with E-state index >= 15 is 0 Å². The van der Waals surface area contributed by atoms with Crippen LogP contribution in [0.3, 0.4) is 0 Å². The van der Waals surface area contributed by atoms with Crippen LogP contribution in [-0.4, -0.2) is 25.5 Å². The Morgan fingerprint density at radius 2 is 0.840 bits per heavy atom. The van der Waals surface area contributed by atoms with Gasteiger partial charge in [0.15, 0.2) is 0 Å². The highest BCUT2D eigenvalue weighted by molar-refractivity contribution is 4.65. The second kappa shape index (κ2) is 22.0. The Hall–Kier alpha value is -0.0400. The molecule has 1 radical (unpaired) electrons. The van der Waals surface area contributed by atoms with E-state index in [1.54, 1.807) is 0 Å². The maximum atomic E-state index is 2.48. The molecule has 0 aliphatic rings. The van der Waals surface area contributed by atoms with Crippen molar-refractivity contribution in [1.29, 1.82) is 0 Å². The molecular weight excluding hydrogens is 302 g/mol. The van der Waals surface area contributed by atoms with Crippen LogP contribution in [0.2, 0.25) is 0 Å². The van der Waals surface area contributed by atoms with Crippen molar-refractivity contribution in [3.05, 3.63) is 6.42 Å². The van der Waals surface area contributed by atoms with Gasteiger partial charge in [-0.3, -0.25) is 0 Å². The van der Waals surface area contributed by atoms with Gasteiger partial charge in [-0.2, -0.15) is 0 Å². The van der Waals surface area contributed by atoms with Crippen molar-refractivity contribution in [2.45, 2.75) is 129 Å². The number of hydrogen-bond donors (Lipinski definition) is 0. The normalized spacial score (nSPS) is 11.5. The van der Waals surface area contributed by atoms with E-state index in [1.807, 2.05) is 0 Å². The van der Waals surface area contributed by atoms with Gasteiger partial charge < -0.3 is 4.90 Å². The van der Waals surface area contributed by atoms with E-state index in [0.29, 0.717) is 0 Å². The lowest BCUT2D eigenvalue weighted by atomic mass is 10.0. The summed E-state index contributed by atoms with van der Waals surface area (Å²) in [7, 11) is 4.31. The van der Waals surface area contributed by atoms with Crippen LogP contribution >= 0.6 is 0 Å². The first-order valence-corrected chi connectivity index (χ1v) is 11.7. The Kier molecular flexibility index (Phi) is 22.0. The summed E-state index contributed by atoms with van der Waals surface area (Å²) >= 11 is 0. The highest BCUT2D eigenvalue weighted by atomic mass is 15.0. The summed E-state index contributed by atoms with van der Waals surface area (Å²) in [5.74, 6) is 0. The summed E-state index contributed by atoms with van der Waals surface area (Å²) in [6.07, 6.45) is 29.9. The van der Waals surface area contributed by atoms with E-state index in [1.165, 1.54) is 129 Å². The van der Waals surface area contributed by atoms with Gasteiger partial charge in [-0.25, -0.2) is 0 Å². The third kappa shape index (κ3) is 24.0. The molecule has 0 aromatic rings. The molecule has 0 spiro atoms. The highest BCUT2D eigenvalue weighted by Gasteiger charge is 1.96. The summed E-state index contributed by atoms with van der Waals surface area (Å²) in [4.78, 5) is 2.27. The van der Waals surface area contributed by atoms with Crippen molar-refractivity contribution >= 4 is 0 Å². The lowest BCUT2D eigenvalue weighted by Gasteiger charge is -2.08. The van der Waals surface area contributed by atoms with Crippen molar-refractivity contribution < 1.29 is 0 Å². The van der Waals surface area contributed by atoms with Gasteiger partial charge >= 0.3 is 0 Å². The van der Waals surface area contributed by atoms with Gasteiger partial charge in [0.2, 0.25) is 0 Å². The molecule has 0 aliphatic heterocycles. The standard InChI is InChI=1S/C24H50N/c1-4-5-6-7-8-9-10-11-12-13-14-15-16-17-18-19-20-21-22-23-24-25(2)3/h22H,4-21,23-24H2,1-3H3. The van der Waals surface area contributed by atoms with Gasteiger partial charge in [-0.15, -0.1) is 0 Å². The Bertz CT molecular complexity index is 224. The monoisotopic (exact) mass is 352 g/mol. The molecule has 0 rings (SSSR count). The van der Waals surface area contributed by atoms with Gasteiger partial charge in [0, 0.05) is 0 Å². The van der Waals surface area contributed by atoms with Gasteiger partial charge in [0.25, 0.3) is 0 Å². The largest absolute Gasteiger partial charge is 0.309 e. The van der Waals surface area contributed by atoms with E-state index in [4.69, 9.17) is 0 Å². The zero-order valence-corrected chi connectivity index (χ0v) is 18.2. The van der Waals surface area contributed by atoms with E-state index in [2.05, 4.69) is 32.3 Å². The number of unbranched alkanes of at least 4 members (excludes halogenated alkanes) is 19. The predicted octanol–water partition coefficient (Wildman–Crippen LogP) is 8.18. The van der Waals surface area contributed by atoms with Crippen molar-refractivity contribution in [1.82, 2.24) is 4.90 Å². The minimum Gasteiger partial charge on any atom is -0.309 e. The van der Waals surface area contributed by atoms with Crippen LogP contribution in [0, 0.1) is 6.42 Å². The molecule has 0 N–H and O–H groups in total. The fourth-order valence-electron chi connectivity index (χ4n) is 3.51. The molecule has 25 heavy (non-hydrogen) atoms. The third-order valence-corrected chi connectivity index (χ3v) is 5.29. The molecule has 1 heteroatoms. The number of hydrogen-bond acceptors (Lipinski definition) is 1. The van der Waals surface area contributed by atoms with Gasteiger partial charge in [-0.1, -0.05) is 122 Å². The van der Waals surface area contributed by atoms with Crippen LogP contribution in [-0.2, 0) is 0 Å². The first-order chi connectivity index (χ1) is 12.3. The molecule has 151 valence electrons. The summed E-state index contributed by atoms with van der Waals surface area (Å²) in [6, 6.07) is 0. The number of rotatable bonds is 21. The van der Waals surface area contributed by atoms with Crippen LogP contribution in [0.4, 0.5) is 0 Å². The average molecular weight is 353 g/mol. The molecule has 0 fully saturated rings. The first-order valence-electron chi connectivity index (χ1n) is 11.7. The van der Waals surface area contributed by atoms with Crippen LogP contribution in [0.15, 0.2) is 0 Å². The van der Waals surface area contributed by atoms with Crippen LogP contribution in [0.5, 0.6) is 0 Å². The van der Waals surface area contributed by atoms with Gasteiger partial charge in [0.1, 0.15) is 0 Å². The van der Waals surface area contributed by atoms with E-state index < -0.39 is 0 Å². The lowest BCUT2D eigenvalue weighted by molar-refractivity contribution is 0.408. The zero-order valence-electron chi connectivity index (χ0n) is 18.2. The highest BCUT2D eigenvalue weighted by Crippen LogP contribution is 2.14. The smallest absolute Gasteiger partial charge is 0.00221 e. The SMILES string of the molecule is CCCCCCCCCCCCCCCCCCC[CH]CCN(C)C. The summed E-state index contributed by atoms with van der Waals surface area (Å²) < 4.78 is 0. The van der Waals surface area contributed by atoms with Crippen molar-refractivity contribution in [2.24, 2.45) is 0 Å². The summed E-state index contributed by atoms with van der Waals surface area (Å²) in [5, 5.41) is 0. The minimum atomic E-state index is 1.21. The molecule has 0 aromatic heterocycles. The molecular formula is C24H50N. The molecule has 0 atom stereocenters. The summed E-state index contributed by atoms with van der Waals surface area (Å²) in [6.45, 7) is 3.51. The second-order valence-electron chi connectivity index (χ2n) is 8.33. The Morgan fingerprint density at radius 3 is 1.20 bits per heavy atom. The molecule has 0 bridgehead atoms. The molecule has 0 saturated carbocycles. The molecule has 0 heterocycles. The van der Waals surface area contributed by atoms with Crippen LogP contribution in [0.25, 0.3) is 0 Å². The average Bonchev–Trinajstić information content (AvgIpc) is 2.60. The van der Waals surface area contributed by atoms with Crippen molar-refractivity contribution in [3.8, 4) is 0 Å². The molecule has 1 nitrogen and oxygen atoms in total. The van der Waals surface area contributed by atoms with Crippen molar-refractivity contribution in [3.63, 3.8) is 0 Å².